The van der Waals surface area contributed by atoms with Crippen molar-refractivity contribution in [2.45, 2.75) is 57.5 Å². The van der Waals surface area contributed by atoms with Gasteiger partial charge in [0.2, 0.25) is 15.8 Å². The average Bonchev–Trinajstić information content (AvgIpc) is 3.20. The third-order valence-electron chi connectivity index (χ3n) is 7.03. The number of thiazole rings is 1. The van der Waals surface area contributed by atoms with E-state index in [9.17, 15) is 22.0 Å². The topological polar surface area (TPSA) is 117 Å². The number of anilines is 2. The van der Waals surface area contributed by atoms with Gasteiger partial charge in [-0.3, -0.25) is 4.79 Å². The van der Waals surface area contributed by atoms with Gasteiger partial charge in [-0.2, -0.15) is 0 Å². The summed E-state index contributed by atoms with van der Waals surface area (Å²) in [5, 5.41) is 6.96. The molecule has 2 aromatic rings. The second kappa shape index (κ2) is 11.5. The number of ketones is 1. The minimum absolute atomic E-state index is 0.0403. The predicted molar refractivity (Wildman–Crippen MR) is 138 cm³/mol. The van der Waals surface area contributed by atoms with Crippen LogP contribution < -0.4 is 16.4 Å². The van der Waals surface area contributed by atoms with Crippen LogP contribution in [0.4, 0.5) is 19.7 Å². The number of carbonyl (C=O) groups excluding carboxylic acids is 1. The maximum Gasteiger partial charge on any atom is 0.215 e. The molecule has 0 spiro atoms. The lowest BCUT2D eigenvalue weighted by atomic mass is 9.87. The number of rotatable bonds is 9. The predicted octanol–water partition coefficient (Wildman–Crippen LogP) is 3.61. The summed E-state index contributed by atoms with van der Waals surface area (Å²) >= 11 is 0.934. The van der Waals surface area contributed by atoms with E-state index in [4.69, 9.17) is 5.73 Å². The molecule has 12 heteroatoms. The van der Waals surface area contributed by atoms with Crippen molar-refractivity contribution in [3.8, 4) is 0 Å². The van der Waals surface area contributed by atoms with Crippen LogP contribution in [0.3, 0.4) is 0 Å². The van der Waals surface area contributed by atoms with E-state index < -0.39 is 33.0 Å². The molecule has 1 aliphatic heterocycles. The minimum Gasteiger partial charge on any atom is -0.382 e. The van der Waals surface area contributed by atoms with E-state index in [1.165, 1.54) is 23.2 Å². The normalized spacial score (nSPS) is 22.0. The van der Waals surface area contributed by atoms with Gasteiger partial charge >= 0.3 is 0 Å². The third-order valence-corrected chi connectivity index (χ3v) is 9.91. The molecule has 1 aliphatic carbocycles. The Kier molecular flexibility index (Phi) is 8.59. The van der Waals surface area contributed by atoms with Crippen LogP contribution in [-0.4, -0.2) is 61.0 Å². The molecule has 4 rings (SSSR count). The fourth-order valence-corrected chi connectivity index (χ4v) is 7.13. The van der Waals surface area contributed by atoms with Crippen LogP contribution in [0.5, 0.6) is 0 Å². The van der Waals surface area contributed by atoms with Gasteiger partial charge in [-0.05, 0) is 56.6 Å². The molecule has 2 fully saturated rings. The van der Waals surface area contributed by atoms with Crippen molar-refractivity contribution in [2.75, 3.05) is 36.4 Å². The Balaban J connectivity index is 1.27. The van der Waals surface area contributed by atoms with Crippen molar-refractivity contribution in [2.24, 2.45) is 5.92 Å². The molecule has 198 valence electrons. The third kappa shape index (κ3) is 6.39. The molecule has 0 unspecified atom stereocenters. The summed E-state index contributed by atoms with van der Waals surface area (Å²) in [4.78, 5) is 16.8. The van der Waals surface area contributed by atoms with E-state index in [0.29, 0.717) is 43.6 Å². The number of hydrogen-bond acceptors (Lipinski definition) is 8. The highest BCUT2D eigenvalue weighted by atomic mass is 32.2. The first-order chi connectivity index (χ1) is 17.1. The largest absolute Gasteiger partial charge is 0.382 e. The van der Waals surface area contributed by atoms with Crippen molar-refractivity contribution in [1.82, 2.24) is 14.6 Å². The molecule has 36 heavy (non-hydrogen) atoms. The SMILES string of the molecule is CC1CCC(NCCS(=O)(=O)N2CCC(Nc3nc(N)c(C(=O)c4c(F)cccc4F)s3)CC2)CC1. The monoisotopic (exact) mass is 541 g/mol. The van der Waals surface area contributed by atoms with E-state index in [-0.39, 0.29) is 22.5 Å². The number of carbonyl (C=O) groups is 1. The highest BCUT2D eigenvalue weighted by Gasteiger charge is 2.30. The summed E-state index contributed by atoms with van der Waals surface area (Å²) in [6.45, 7) is 3.48. The van der Waals surface area contributed by atoms with Gasteiger partial charge in [-0.25, -0.2) is 26.5 Å². The Morgan fingerprint density at radius 1 is 1.11 bits per heavy atom. The molecule has 2 aliphatic rings. The quantitative estimate of drug-likeness (QED) is 0.415. The molecule has 0 bridgehead atoms. The van der Waals surface area contributed by atoms with Gasteiger partial charge in [0.25, 0.3) is 0 Å². The van der Waals surface area contributed by atoms with Gasteiger partial charge in [0.15, 0.2) is 5.13 Å². The van der Waals surface area contributed by atoms with Crippen molar-refractivity contribution in [3.05, 3.63) is 40.3 Å². The van der Waals surface area contributed by atoms with Gasteiger partial charge in [-0.15, -0.1) is 0 Å². The Hall–Kier alpha value is -2.15. The highest BCUT2D eigenvalue weighted by molar-refractivity contribution is 7.89. The van der Waals surface area contributed by atoms with E-state index in [0.717, 1.165) is 42.2 Å². The zero-order chi connectivity index (χ0) is 25.9. The lowest BCUT2D eigenvalue weighted by molar-refractivity contribution is 0.103. The van der Waals surface area contributed by atoms with Gasteiger partial charge < -0.3 is 16.4 Å². The summed E-state index contributed by atoms with van der Waals surface area (Å²) < 4.78 is 55.2. The molecule has 0 atom stereocenters. The molecule has 0 radical (unpaired) electrons. The molecule has 0 amide bonds. The van der Waals surface area contributed by atoms with E-state index in [1.54, 1.807) is 0 Å². The molecule has 2 heterocycles. The lowest BCUT2D eigenvalue weighted by Crippen LogP contribution is -2.45. The van der Waals surface area contributed by atoms with E-state index in [2.05, 4.69) is 22.5 Å². The second-order valence-corrected chi connectivity index (χ2v) is 12.8. The van der Waals surface area contributed by atoms with Crippen LogP contribution in [0.1, 0.15) is 60.7 Å². The van der Waals surface area contributed by atoms with Gasteiger partial charge in [0.05, 0.1) is 11.3 Å². The zero-order valence-corrected chi connectivity index (χ0v) is 21.9. The maximum atomic E-state index is 14.0. The molecule has 8 nitrogen and oxygen atoms in total. The van der Waals surface area contributed by atoms with Crippen molar-refractivity contribution in [3.63, 3.8) is 0 Å². The summed E-state index contributed by atoms with van der Waals surface area (Å²) in [7, 11) is -3.35. The summed E-state index contributed by atoms with van der Waals surface area (Å²) in [6.07, 6.45) is 5.71. The summed E-state index contributed by atoms with van der Waals surface area (Å²) in [5.74, 6) is -2.04. The molecule has 1 aromatic heterocycles. The summed E-state index contributed by atoms with van der Waals surface area (Å²) in [5.41, 5.74) is 5.21. The fraction of sp³-hybridized carbons (Fsp3) is 0.583. The van der Waals surface area contributed by atoms with Crippen LogP contribution in [0.15, 0.2) is 18.2 Å². The van der Waals surface area contributed by atoms with Crippen LogP contribution in [-0.2, 0) is 10.0 Å². The Labute approximate surface area is 214 Å². The van der Waals surface area contributed by atoms with Gasteiger partial charge in [0, 0.05) is 31.7 Å². The average molecular weight is 542 g/mol. The lowest BCUT2D eigenvalue weighted by Gasteiger charge is -2.32. The van der Waals surface area contributed by atoms with Crippen molar-refractivity contribution in [1.29, 1.82) is 0 Å². The maximum absolute atomic E-state index is 14.0. The highest BCUT2D eigenvalue weighted by Crippen LogP contribution is 2.31. The standard InChI is InChI=1S/C24H33F2N5O3S2/c1-15-5-7-16(8-6-15)28-11-14-36(33,34)31-12-9-17(10-13-31)29-24-30-23(27)22(35-24)21(32)20-18(25)3-2-4-19(20)26/h2-4,15-17,28H,5-14,27H2,1H3,(H,29,30). The molecule has 1 saturated carbocycles. The number of benzene rings is 1. The van der Waals surface area contributed by atoms with Gasteiger partial charge in [0.1, 0.15) is 22.3 Å². The van der Waals surface area contributed by atoms with E-state index >= 15 is 0 Å². The number of nitrogens with two attached hydrogens (primary N) is 1. The first kappa shape index (κ1) is 26.9. The number of nitrogens with zero attached hydrogens (tertiary/aromatic N) is 2. The number of piperidine rings is 1. The number of nitrogen functional groups attached to an aromatic ring is 1. The van der Waals surface area contributed by atoms with Crippen molar-refractivity contribution >= 4 is 38.1 Å². The number of sulfonamides is 1. The smallest absolute Gasteiger partial charge is 0.215 e. The molecule has 1 saturated heterocycles. The second-order valence-electron chi connectivity index (χ2n) is 9.70. The Morgan fingerprint density at radius 3 is 2.39 bits per heavy atom. The van der Waals surface area contributed by atoms with Crippen LogP contribution in [0.2, 0.25) is 0 Å². The minimum atomic E-state index is -3.35. The van der Waals surface area contributed by atoms with Gasteiger partial charge in [-0.1, -0.05) is 24.3 Å². The van der Waals surface area contributed by atoms with Crippen molar-refractivity contribution < 1.29 is 22.0 Å². The number of hydrogen-bond donors (Lipinski definition) is 3. The molecule has 4 N–H and O–H groups in total. The van der Waals surface area contributed by atoms with Crippen LogP contribution in [0.25, 0.3) is 0 Å². The first-order valence-corrected chi connectivity index (χ1v) is 14.8. The number of halogens is 2. The Morgan fingerprint density at radius 2 is 1.75 bits per heavy atom. The zero-order valence-electron chi connectivity index (χ0n) is 20.3. The van der Waals surface area contributed by atoms with E-state index in [1.807, 2.05) is 0 Å². The molecule has 1 aromatic carbocycles. The van der Waals surface area contributed by atoms with Crippen LogP contribution in [0, 0.1) is 17.6 Å². The molecular formula is C24H33F2N5O3S2. The Bertz CT molecular complexity index is 1150. The molecular weight excluding hydrogens is 508 g/mol. The first-order valence-electron chi connectivity index (χ1n) is 12.4. The number of nitrogens with one attached hydrogen (secondary N) is 2. The van der Waals surface area contributed by atoms with Crippen LogP contribution >= 0.6 is 11.3 Å². The fourth-order valence-electron chi connectivity index (χ4n) is 4.82. The summed E-state index contributed by atoms with van der Waals surface area (Å²) in [6, 6.07) is 3.56. The number of aromatic nitrogens is 1.